The van der Waals surface area contributed by atoms with Crippen molar-refractivity contribution in [3.05, 3.63) is 76.7 Å². The molecule has 0 unspecified atom stereocenters. The number of aromatic nitrogens is 2. The average Bonchev–Trinajstić information content (AvgIpc) is 3.04. The van der Waals surface area contributed by atoms with Crippen molar-refractivity contribution in [3.8, 4) is 16.9 Å². The van der Waals surface area contributed by atoms with E-state index in [0.717, 1.165) is 48.7 Å². The van der Waals surface area contributed by atoms with Crippen LogP contribution in [0.25, 0.3) is 22.0 Å². The molecule has 2 aromatic heterocycles. The quantitative estimate of drug-likeness (QED) is 0.259. The standard InChI is InChI=1S/C33H39N5O5/c1-6-38-30-19-31(36(4)26-7-9-27(10-8-26)37-11-13-42-14-12-37)34-20-25(30)18-29(33(38)40)23-15-24(17-28(16-23)41-5)32(39)35-43-21-22(2)3/h7-10,15-20,22H,6,11-14,21H2,1-5H3,(H,35,39). The Labute approximate surface area is 251 Å². The first-order chi connectivity index (χ1) is 20.8. The minimum atomic E-state index is -0.412. The number of anilines is 3. The second-order valence-electron chi connectivity index (χ2n) is 11.0. The van der Waals surface area contributed by atoms with Gasteiger partial charge in [-0.1, -0.05) is 13.8 Å². The first kappa shape index (κ1) is 30.1. The Bertz CT molecular complexity index is 1640. The number of nitrogens with one attached hydrogen (secondary N) is 1. The van der Waals surface area contributed by atoms with Crippen LogP contribution in [0.1, 0.15) is 31.1 Å². The molecule has 0 spiro atoms. The number of hydrogen-bond acceptors (Lipinski definition) is 8. The van der Waals surface area contributed by atoms with Crippen LogP contribution in [0.3, 0.4) is 0 Å². The van der Waals surface area contributed by atoms with Crippen LogP contribution in [-0.2, 0) is 16.1 Å². The predicted molar refractivity (Wildman–Crippen MR) is 169 cm³/mol. The Kier molecular flexibility index (Phi) is 9.27. The van der Waals surface area contributed by atoms with Gasteiger partial charge >= 0.3 is 0 Å². The number of methoxy groups -OCH3 is 1. The van der Waals surface area contributed by atoms with Gasteiger partial charge in [0.1, 0.15) is 11.6 Å². The Morgan fingerprint density at radius 3 is 2.51 bits per heavy atom. The molecule has 0 aliphatic carbocycles. The number of hydrogen-bond donors (Lipinski definition) is 1. The molecule has 1 fully saturated rings. The number of aryl methyl sites for hydroxylation is 1. The van der Waals surface area contributed by atoms with Crippen LogP contribution in [0.15, 0.2) is 65.6 Å². The summed E-state index contributed by atoms with van der Waals surface area (Å²) in [5, 5.41) is 0.811. The zero-order valence-corrected chi connectivity index (χ0v) is 25.4. The molecule has 10 heteroatoms. The molecule has 1 amide bonds. The molecule has 3 heterocycles. The Hall–Kier alpha value is -4.41. The fourth-order valence-corrected chi connectivity index (χ4v) is 5.14. The minimum Gasteiger partial charge on any atom is -0.497 e. The van der Waals surface area contributed by atoms with E-state index in [1.165, 1.54) is 12.8 Å². The van der Waals surface area contributed by atoms with E-state index in [1.807, 2.05) is 44.9 Å². The van der Waals surface area contributed by atoms with Gasteiger partial charge in [0.2, 0.25) is 0 Å². The van der Waals surface area contributed by atoms with Gasteiger partial charge in [-0.15, -0.1) is 0 Å². The Morgan fingerprint density at radius 1 is 1.09 bits per heavy atom. The zero-order chi connectivity index (χ0) is 30.5. The van der Waals surface area contributed by atoms with Crippen LogP contribution in [0.2, 0.25) is 0 Å². The van der Waals surface area contributed by atoms with Crippen LogP contribution in [-0.4, -0.2) is 62.5 Å². The summed E-state index contributed by atoms with van der Waals surface area (Å²) in [6.45, 7) is 10.0. The monoisotopic (exact) mass is 585 g/mol. The average molecular weight is 586 g/mol. The van der Waals surface area contributed by atoms with Crippen molar-refractivity contribution in [3.63, 3.8) is 0 Å². The number of amides is 1. The van der Waals surface area contributed by atoms with Crippen molar-refractivity contribution in [2.24, 2.45) is 5.92 Å². The number of hydroxylamine groups is 1. The summed E-state index contributed by atoms with van der Waals surface area (Å²) in [5.41, 5.74) is 6.60. The van der Waals surface area contributed by atoms with Crippen LogP contribution in [0, 0.1) is 5.92 Å². The molecule has 4 aromatic rings. The lowest BCUT2D eigenvalue weighted by Gasteiger charge is -2.29. The van der Waals surface area contributed by atoms with Crippen molar-refractivity contribution >= 4 is 34.0 Å². The molecule has 2 aromatic carbocycles. The molecule has 1 N–H and O–H groups in total. The van der Waals surface area contributed by atoms with E-state index < -0.39 is 5.91 Å². The zero-order valence-electron chi connectivity index (χ0n) is 25.4. The summed E-state index contributed by atoms with van der Waals surface area (Å²) in [7, 11) is 3.49. The summed E-state index contributed by atoms with van der Waals surface area (Å²) >= 11 is 0. The van der Waals surface area contributed by atoms with Gasteiger partial charge in [-0.05, 0) is 66.9 Å². The molecule has 0 atom stereocenters. The number of rotatable bonds is 10. The summed E-state index contributed by atoms with van der Waals surface area (Å²) in [6, 6.07) is 17.2. The van der Waals surface area contributed by atoms with E-state index in [4.69, 9.17) is 19.3 Å². The van der Waals surface area contributed by atoms with Crippen molar-refractivity contribution < 1.29 is 19.1 Å². The minimum absolute atomic E-state index is 0.166. The van der Waals surface area contributed by atoms with Gasteiger partial charge in [-0.25, -0.2) is 10.5 Å². The molecule has 0 radical (unpaired) electrons. The van der Waals surface area contributed by atoms with Crippen molar-refractivity contribution in [2.75, 3.05) is 56.9 Å². The third-order valence-electron chi connectivity index (χ3n) is 7.53. The van der Waals surface area contributed by atoms with Crippen molar-refractivity contribution in [2.45, 2.75) is 27.3 Å². The summed E-state index contributed by atoms with van der Waals surface area (Å²) in [5.74, 6) is 1.04. The van der Waals surface area contributed by atoms with Gasteiger partial charge in [-0.3, -0.25) is 14.4 Å². The van der Waals surface area contributed by atoms with Crippen molar-refractivity contribution in [1.82, 2.24) is 15.0 Å². The normalized spacial score (nSPS) is 13.4. The number of pyridine rings is 2. The first-order valence-corrected chi connectivity index (χ1v) is 14.6. The number of nitrogens with zero attached hydrogens (tertiary/aromatic N) is 4. The van der Waals surface area contributed by atoms with Crippen LogP contribution < -0.4 is 25.6 Å². The predicted octanol–water partition coefficient (Wildman–Crippen LogP) is 5.01. The molecule has 5 rings (SSSR count). The Morgan fingerprint density at radius 2 is 1.84 bits per heavy atom. The molecule has 43 heavy (non-hydrogen) atoms. The number of ether oxygens (including phenoxy) is 2. The van der Waals surface area contributed by atoms with E-state index in [-0.39, 0.29) is 11.5 Å². The molecular formula is C33H39N5O5. The molecule has 1 aliphatic rings. The number of carbonyl (C=O) groups excluding carboxylic acids is 1. The highest BCUT2D eigenvalue weighted by Crippen LogP contribution is 2.30. The topological polar surface area (TPSA) is 98.2 Å². The maximum Gasteiger partial charge on any atom is 0.274 e. The first-order valence-electron chi connectivity index (χ1n) is 14.6. The van der Waals surface area contributed by atoms with Gasteiger partial charge in [0.05, 0.1) is 32.4 Å². The molecule has 0 saturated carbocycles. The van der Waals surface area contributed by atoms with E-state index in [2.05, 4.69) is 34.6 Å². The summed E-state index contributed by atoms with van der Waals surface area (Å²) < 4.78 is 12.7. The highest BCUT2D eigenvalue weighted by atomic mass is 16.6. The lowest BCUT2D eigenvalue weighted by molar-refractivity contribution is 0.0208. The molecule has 226 valence electrons. The van der Waals surface area contributed by atoms with E-state index in [0.29, 0.717) is 35.6 Å². The van der Waals surface area contributed by atoms with E-state index in [1.54, 1.807) is 29.0 Å². The molecule has 1 saturated heterocycles. The lowest BCUT2D eigenvalue weighted by atomic mass is 10.0. The highest BCUT2D eigenvalue weighted by Gasteiger charge is 2.17. The van der Waals surface area contributed by atoms with Crippen LogP contribution in [0.5, 0.6) is 5.75 Å². The highest BCUT2D eigenvalue weighted by molar-refractivity contribution is 5.96. The maximum absolute atomic E-state index is 13.8. The second kappa shape index (κ2) is 13.3. The van der Waals surface area contributed by atoms with E-state index >= 15 is 0 Å². The second-order valence-corrected chi connectivity index (χ2v) is 11.0. The molecular weight excluding hydrogens is 546 g/mol. The summed E-state index contributed by atoms with van der Waals surface area (Å²) in [6.07, 6.45) is 1.78. The van der Waals surface area contributed by atoms with Crippen LogP contribution in [0.4, 0.5) is 17.2 Å². The van der Waals surface area contributed by atoms with Gasteiger partial charge in [0.25, 0.3) is 11.5 Å². The van der Waals surface area contributed by atoms with Gasteiger partial charge < -0.3 is 23.8 Å². The van der Waals surface area contributed by atoms with Gasteiger partial charge in [0.15, 0.2) is 0 Å². The lowest BCUT2D eigenvalue weighted by Crippen LogP contribution is -2.36. The van der Waals surface area contributed by atoms with Gasteiger partial charge in [0, 0.05) is 66.8 Å². The van der Waals surface area contributed by atoms with Crippen molar-refractivity contribution in [1.29, 1.82) is 0 Å². The van der Waals surface area contributed by atoms with Gasteiger partial charge in [-0.2, -0.15) is 0 Å². The largest absolute Gasteiger partial charge is 0.497 e. The maximum atomic E-state index is 13.8. The smallest absolute Gasteiger partial charge is 0.274 e. The van der Waals surface area contributed by atoms with Crippen LogP contribution >= 0.6 is 0 Å². The number of morpholine rings is 1. The Balaban J connectivity index is 1.46. The summed E-state index contributed by atoms with van der Waals surface area (Å²) in [4.78, 5) is 41.0. The molecule has 10 nitrogen and oxygen atoms in total. The molecule has 0 bridgehead atoms. The number of fused-ring (bicyclic) bond motifs is 1. The molecule has 1 aliphatic heterocycles. The fraction of sp³-hybridized carbons (Fsp3) is 0.364. The number of benzene rings is 2. The fourth-order valence-electron chi connectivity index (χ4n) is 5.14. The van der Waals surface area contributed by atoms with E-state index in [9.17, 15) is 9.59 Å². The SMILES string of the molecule is CCn1c(=O)c(-c2cc(OC)cc(C(=O)NOCC(C)C)c2)cc2cnc(N(C)c3ccc(N4CCOCC4)cc3)cc21. The third-order valence-corrected chi connectivity index (χ3v) is 7.53. The number of carbonyl (C=O) groups is 1. The third kappa shape index (κ3) is 6.65.